The van der Waals surface area contributed by atoms with E-state index in [1.807, 2.05) is 0 Å². The average Bonchev–Trinajstić information content (AvgIpc) is 3.53. The maximum absolute atomic E-state index is 12.8. The van der Waals surface area contributed by atoms with Crippen molar-refractivity contribution in [1.82, 2.24) is 5.32 Å². The van der Waals surface area contributed by atoms with E-state index in [-0.39, 0.29) is 41.8 Å². The maximum atomic E-state index is 12.8. The Morgan fingerprint density at radius 1 is 1.02 bits per heavy atom. The van der Waals surface area contributed by atoms with Gasteiger partial charge in [0, 0.05) is 25.2 Å². The molecule has 0 aromatic rings. The molecule has 1 spiro atoms. The average molecular weight is 704 g/mol. The van der Waals surface area contributed by atoms with E-state index >= 15 is 0 Å². The molecule has 3 aliphatic heterocycles. The van der Waals surface area contributed by atoms with Gasteiger partial charge in [-0.2, -0.15) is 0 Å². The van der Waals surface area contributed by atoms with E-state index in [4.69, 9.17) is 24.1 Å². The van der Waals surface area contributed by atoms with Crippen molar-refractivity contribution >= 4 is 11.9 Å². The molecule has 3 heterocycles. The molecule has 282 valence electrons. The highest BCUT2D eigenvalue weighted by Crippen LogP contribution is 2.70. The molecule has 1 amide bonds. The second-order valence-electron chi connectivity index (χ2n) is 17.7. The van der Waals surface area contributed by atoms with Crippen LogP contribution in [0.3, 0.4) is 0 Å². The molecule has 50 heavy (non-hydrogen) atoms. The third-order valence-electron chi connectivity index (χ3n) is 14.9. The van der Waals surface area contributed by atoms with Crippen LogP contribution in [-0.4, -0.2) is 94.2 Å². The Labute approximate surface area is 296 Å². The minimum atomic E-state index is -1.39. The van der Waals surface area contributed by atoms with Crippen molar-refractivity contribution in [2.45, 2.75) is 160 Å². The number of ether oxygens (including phenoxy) is 4. The Bertz CT molecular complexity index is 1300. The zero-order chi connectivity index (χ0) is 35.6. The van der Waals surface area contributed by atoms with Gasteiger partial charge in [-0.05, 0) is 105 Å². The van der Waals surface area contributed by atoms with Crippen LogP contribution in [0.5, 0.6) is 0 Å². The number of fused-ring (bicyclic) bond motifs is 7. The monoisotopic (exact) mass is 703 g/mol. The second-order valence-corrected chi connectivity index (χ2v) is 17.7. The minimum Gasteiger partial charge on any atom is -0.481 e. The quantitative estimate of drug-likeness (QED) is 0.173. The summed E-state index contributed by atoms with van der Waals surface area (Å²) in [6, 6.07) is -1.03. The topological polar surface area (TPSA) is 164 Å². The summed E-state index contributed by atoms with van der Waals surface area (Å²) in [5.74, 6) is 1.72. The normalized spacial score (nSPS) is 49.7. The van der Waals surface area contributed by atoms with Crippen LogP contribution < -0.4 is 5.32 Å². The number of hydrogen-bond acceptors (Lipinski definition) is 9. The number of unbranched alkanes of at least 4 members (excludes halogenated alkanes) is 1. The molecule has 3 saturated heterocycles. The zero-order valence-corrected chi connectivity index (χ0v) is 30.4. The molecule has 7 rings (SSSR count). The molecule has 3 saturated carbocycles. The number of allylic oxidation sites excluding steroid dienone is 1. The molecule has 0 radical (unpaired) electrons. The van der Waals surface area contributed by atoms with Crippen molar-refractivity contribution in [3.05, 3.63) is 11.6 Å². The van der Waals surface area contributed by atoms with Gasteiger partial charge in [-0.1, -0.05) is 39.3 Å². The summed E-state index contributed by atoms with van der Waals surface area (Å²) in [4.78, 5) is 23.6. The van der Waals surface area contributed by atoms with E-state index in [0.29, 0.717) is 48.3 Å². The number of aliphatic hydroxyl groups excluding tert-OH is 3. The molecule has 16 atom stereocenters. The lowest BCUT2D eigenvalue weighted by molar-refractivity contribution is -0.284. The largest absolute Gasteiger partial charge is 0.481 e. The Morgan fingerprint density at radius 3 is 2.52 bits per heavy atom. The molecule has 5 N–H and O–H groups in total. The molecule has 0 bridgehead atoms. The van der Waals surface area contributed by atoms with E-state index in [9.17, 15) is 24.9 Å². The van der Waals surface area contributed by atoms with Gasteiger partial charge in [-0.25, -0.2) is 0 Å². The van der Waals surface area contributed by atoms with E-state index < -0.39 is 49.0 Å². The molecule has 11 nitrogen and oxygen atoms in total. The summed E-state index contributed by atoms with van der Waals surface area (Å²) in [5, 5.41) is 43.2. The predicted octanol–water partition coefficient (Wildman–Crippen LogP) is 4.31. The lowest BCUT2D eigenvalue weighted by atomic mass is 9.47. The van der Waals surface area contributed by atoms with Gasteiger partial charge < -0.3 is 44.7 Å². The van der Waals surface area contributed by atoms with Crippen molar-refractivity contribution in [3.63, 3.8) is 0 Å². The third-order valence-corrected chi connectivity index (χ3v) is 14.9. The zero-order valence-electron chi connectivity index (χ0n) is 30.4. The summed E-state index contributed by atoms with van der Waals surface area (Å²) in [6.07, 6.45) is 7.84. The predicted molar refractivity (Wildman–Crippen MR) is 182 cm³/mol. The molecular formula is C39H61NO10. The van der Waals surface area contributed by atoms with Gasteiger partial charge in [0.2, 0.25) is 5.91 Å². The van der Waals surface area contributed by atoms with Crippen LogP contribution in [0, 0.1) is 46.3 Å². The van der Waals surface area contributed by atoms with Crippen LogP contribution in [-0.2, 0) is 28.5 Å². The molecule has 0 aromatic carbocycles. The highest BCUT2D eigenvalue weighted by molar-refractivity contribution is 5.76. The minimum absolute atomic E-state index is 0.0206. The maximum Gasteiger partial charge on any atom is 0.303 e. The summed E-state index contributed by atoms with van der Waals surface area (Å²) >= 11 is 0. The lowest BCUT2D eigenvalue weighted by Crippen LogP contribution is -2.65. The molecule has 4 aliphatic carbocycles. The van der Waals surface area contributed by atoms with Gasteiger partial charge in [0.15, 0.2) is 12.1 Å². The van der Waals surface area contributed by atoms with Gasteiger partial charge in [0.1, 0.15) is 24.4 Å². The number of hydrogen-bond donors (Lipinski definition) is 5. The fourth-order valence-corrected chi connectivity index (χ4v) is 12.1. The van der Waals surface area contributed by atoms with Crippen molar-refractivity contribution in [2.24, 2.45) is 46.3 Å². The summed E-state index contributed by atoms with van der Waals surface area (Å²) in [6.45, 7) is 10.0. The van der Waals surface area contributed by atoms with Gasteiger partial charge in [0.05, 0.1) is 25.4 Å². The number of nitrogens with one attached hydrogen (secondary N) is 1. The fourth-order valence-electron chi connectivity index (χ4n) is 12.1. The summed E-state index contributed by atoms with van der Waals surface area (Å²) in [5.41, 5.74) is 1.77. The second kappa shape index (κ2) is 14.0. The van der Waals surface area contributed by atoms with Gasteiger partial charge in [-0.15, -0.1) is 0 Å². The van der Waals surface area contributed by atoms with Crippen molar-refractivity contribution < 1.29 is 49.0 Å². The van der Waals surface area contributed by atoms with Crippen LogP contribution in [0.4, 0.5) is 0 Å². The van der Waals surface area contributed by atoms with Crippen molar-refractivity contribution in [1.29, 1.82) is 0 Å². The first-order valence-electron chi connectivity index (χ1n) is 19.6. The van der Waals surface area contributed by atoms with Crippen LogP contribution >= 0.6 is 0 Å². The van der Waals surface area contributed by atoms with E-state index in [1.54, 1.807) is 0 Å². The molecule has 0 unspecified atom stereocenters. The Morgan fingerprint density at radius 2 is 1.80 bits per heavy atom. The number of aliphatic carboxylic acids is 1. The Hall–Kier alpha value is -1.60. The number of carboxylic acids is 1. The van der Waals surface area contributed by atoms with Crippen LogP contribution in [0.25, 0.3) is 0 Å². The first kappa shape index (κ1) is 36.7. The molecule has 6 fully saturated rings. The number of carbonyl (C=O) groups excluding carboxylic acids is 1. The standard InChI is InChI=1S/C39H61NO10/c1-21-11-16-39(47-20-21)22(2)32-28(50-39)18-27-25-10-9-23-17-24(12-14-37(23,3)26(25)13-15-38(27,32)4)48-36-33(35(46)34(45)29(19-41)49-36)40-30(42)7-5-6-8-31(43)44/h9,21-22,24-29,32-36,41,45-46H,5-8,10-20H2,1-4H3,(H,40,42)(H,43,44)/t21-,22+,24+,25-,26+,27+,28+,29-,32+,33-,34-,35-,36-,37+,38+,39-/m1/s1. The Kier molecular flexibility index (Phi) is 10.3. The van der Waals surface area contributed by atoms with Gasteiger partial charge in [0.25, 0.3) is 0 Å². The highest BCUT2D eigenvalue weighted by Gasteiger charge is 2.68. The van der Waals surface area contributed by atoms with Crippen LogP contribution in [0.1, 0.15) is 111 Å². The van der Waals surface area contributed by atoms with Crippen LogP contribution in [0.15, 0.2) is 11.6 Å². The molecule has 7 aliphatic rings. The summed E-state index contributed by atoms with van der Waals surface area (Å²) in [7, 11) is 0. The first-order chi connectivity index (χ1) is 23.8. The third kappa shape index (κ3) is 6.28. The van der Waals surface area contributed by atoms with Gasteiger partial charge >= 0.3 is 5.97 Å². The smallest absolute Gasteiger partial charge is 0.303 e. The van der Waals surface area contributed by atoms with E-state index in [1.165, 1.54) is 24.8 Å². The van der Waals surface area contributed by atoms with Crippen LogP contribution in [0.2, 0.25) is 0 Å². The number of carbonyl (C=O) groups is 2. The Balaban J connectivity index is 1.01. The molecule has 0 aromatic heterocycles. The van der Waals surface area contributed by atoms with Crippen molar-refractivity contribution in [3.8, 4) is 0 Å². The lowest BCUT2D eigenvalue weighted by Gasteiger charge is -2.58. The number of amides is 1. The fraction of sp³-hybridized carbons (Fsp3) is 0.897. The van der Waals surface area contributed by atoms with Gasteiger partial charge in [-0.3, -0.25) is 9.59 Å². The SMILES string of the molecule is C[C@@H]1CC[C@@]2(OC1)O[C@H]1C[C@H]3[C@@H]4CC=C5C[C@@H](O[C@@H]6O[C@H](CO)[C@@H](O)[C@H](O)[C@H]6NC(=O)CCCCC(=O)O)CC[C@]5(C)[C@H]4CC[C@]3(C)[C@H]1[C@@H]2C. The molecule has 11 heteroatoms. The summed E-state index contributed by atoms with van der Waals surface area (Å²) < 4.78 is 26.0. The number of aliphatic hydroxyl groups is 3. The number of carboxylic acid groups (broad SMARTS) is 1. The highest BCUT2D eigenvalue weighted by atomic mass is 16.7. The van der Waals surface area contributed by atoms with E-state index in [2.05, 4.69) is 39.1 Å². The van der Waals surface area contributed by atoms with E-state index in [0.717, 1.165) is 45.1 Å². The van der Waals surface area contributed by atoms with Crippen molar-refractivity contribution in [2.75, 3.05) is 13.2 Å². The number of rotatable bonds is 9. The first-order valence-corrected chi connectivity index (χ1v) is 19.6. The molecular weight excluding hydrogens is 642 g/mol.